The summed E-state index contributed by atoms with van der Waals surface area (Å²) in [6.45, 7) is 7.10. The predicted molar refractivity (Wildman–Crippen MR) is 81.5 cm³/mol. The fraction of sp³-hybridized carbons (Fsp3) is 0.471. The van der Waals surface area contributed by atoms with Crippen LogP contribution in [0.4, 0.5) is 0 Å². The highest BCUT2D eigenvalue weighted by Crippen LogP contribution is 2.33. The molecule has 3 heteroatoms. The minimum atomic E-state index is 0.694. The minimum absolute atomic E-state index is 0.694. The van der Waals surface area contributed by atoms with Crippen LogP contribution in [0, 0.1) is 11.8 Å². The van der Waals surface area contributed by atoms with Gasteiger partial charge < -0.3 is 5.32 Å². The maximum atomic E-state index is 4.39. The van der Waals surface area contributed by atoms with E-state index in [1.54, 1.807) is 0 Å². The van der Waals surface area contributed by atoms with E-state index in [9.17, 15) is 0 Å². The molecule has 1 N–H and O–H groups in total. The third kappa shape index (κ3) is 2.02. The van der Waals surface area contributed by atoms with Crippen LogP contribution in [0.1, 0.15) is 12.5 Å². The van der Waals surface area contributed by atoms with Crippen molar-refractivity contribution in [3.63, 3.8) is 0 Å². The predicted octanol–water partition coefficient (Wildman–Crippen LogP) is 2.27. The molecule has 3 unspecified atom stereocenters. The summed E-state index contributed by atoms with van der Waals surface area (Å²) in [6.07, 6.45) is 1.86. The van der Waals surface area contributed by atoms with Gasteiger partial charge in [0.15, 0.2) is 0 Å². The van der Waals surface area contributed by atoms with Gasteiger partial charge >= 0.3 is 0 Å². The van der Waals surface area contributed by atoms with Gasteiger partial charge in [-0.2, -0.15) is 0 Å². The summed E-state index contributed by atoms with van der Waals surface area (Å²) < 4.78 is 0. The summed E-state index contributed by atoms with van der Waals surface area (Å²) in [5.74, 6) is 1.70. The molecule has 3 atom stereocenters. The van der Waals surface area contributed by atoms with E-state index in [1.165, 1.54) is 30.6 Å². The normalized spacial score (nSPS) is 29.9. The molecule has 2 aliphatic rings. The number of nitrogens with one attached hydrogen (secondary N) is 1. The Bertz CT molecular complexity index is 624. The first-order valence-corrected chi connectivity index (χ1v) is 7.60. The van der Waals surface area contributed by atoms with Crippen LogP contribution < -0.4 is 5.32 Å². The number of hydrogen-bond acceptors (Lipinski definition) is 3. The lowest BCUT2D eigenvalue weighted by molar-refractivity contribution is 0.231. The molecule has 0 saturated carbocycles. The van der Waals surface area contributed by atoms with Gasteiger partial charge in [-0.1, -0.05) is 12.1 Å². The van der Waals surface area contributed by atoms with E-state index in [0.29, 0.717) is 6.04 Å². The third-order valence-electron chi connectivity index (χ3n) is 5.11. The van der Waals surface area contributed by atoms with Crippen LogP contribution >= 0.6 is 0 Å². The van der Waals surface area contributed by atoms with Crippen LogP contribution in [0.15, 0.2) is 36.5 Å². The molecule has 3 heterocycles. The van der Waals surface area contributed by atoms with Crippen LogP contribution in [-0.4, -0.2) is 35.6 Å². The van der Waals surface area contributed by atoms with E-state index < -0.39 is 0 Å². The first-order chi connectivity index (χ1) is 9.81. The molecule has 1 aromatic heterocycles. The van der Waals surface area contributed by atoms with Gasteiger partial charge in [-0.15, -0.1) is 0 Å². The number of hydrogen-bond donors (Lipinski definition) is 1. The smallest absolute Gasteiger partial charge is 0.0702 e. The van der Waals surface area contributed by atoms with Gasteiger partial charge in [0.25, 0.3) is 0 Å². The van der Waals surface area contributed by atoms with Gasteiger partial charge in [-0.3, -0.25) is 9.88 Å². The molecule has 3 nitrogen and oxygen atoms in total. The van der Waals surface area contributed by atoms with E-state index >= 15 is 0 Å². The maximum absolute atomic E-state index is 4.39. The lowest BCUT2D eigenvalue weighted by atomic mass is 9.95. The van der Waals surface area contributed by atoms with Gasteiger partial charge in [0, 0.05) is 30.7 Å². The fourth-order valence-electron chi connectivity index (χ4n) is 3.92. The Hall–Kier alpha value is -1.45. The molecule has 1 aromatic carbocycles. The lowest BCUT2D eigenvalue weighted by Gasteiger charge is -2.24. The van der Waals surface area contributed by atoms with E-state index in [4.69, 9.17) is 0 Å². The molecular weight excluding hydrogens is 246 g/mol. The average molecular weight is 267 g/mol. The molecule has 2 fully saturated rings. The van der Waals surface area contributed by atoms with Crippen LogP contribution in [-0.2, 0) is 6.54 Å². The van der Waals surface area contributed by atoms with E-state index in [2.05, 4.69) is 46.4 Å². The van der Waals surface area contributed by atoms with Crippen molar-refractivity contribution in [2.45, 2.75) is 19.5 Å². The summed E-state index contributed by atoms with van der Waals surface area (Å²) in [7, 11) is 0. The number of nitrogens with zero attached hydrogens (tertiary/aromatic N) is 2. The van der Waals surface area contributed by atoms with Gasteiger partial charge in [-0.05, 0) is 55.6 Å². The second-order valence-corrected chi connectivity index (χ2v) is 6.28. The Morgan fingerprint density at radius 2 is 2.25 bits per heavy atom. The van der Waals surface area contributed by atoms with Crippen molar-refractivity contribution >= 4 is 10.9 Å². The minimum Gasteiger partial charge on any atom is -0.316 e. The molecule has 104 valence electrons. The molecule has 0 bridgehead atoms. The molecule has 0 aliphatic carbocycles. The van der Waals surface area contributed by atoms with E-state index in [1.807, 2.05) is 12.3 Å². The lowest BCUT2D eigenvalue weighted by Crippen LogP contribution is -2.32. The van der Waals surface area contributed by atoms with E-state index in [0.717, 1.165) is 23.9 Å². The van der Waals surface area contributed by atoms with Crippen LogP contribution in [0.5, 0.6) is 0 Å². The van der Waals surface area contributed by atoms with Gasteiger partial charge in [0.05, 0.1) is 5.52 Å². The van der Waals surface area contributed by atoms with Crippen LogP contribution in [0.25, 0.3) is 10.9 Å². The first-order valence-electron chi connectivity index (χ1n) is 7.60. The second-order valence-electron chi connectivity index (χ2n) is 6.28. The number of aromatic nitrogens is 1. The second kappa shape index (κ2) is 4.83. The highest BCUT2D eigenvalue weighted by Gasteiger charge is 2.41. The summed E-state index contributed by atoms with van der Waals surface area (Å²) in [4.78, 5) is 7.04. The Morgan fingerprint density at radius 3 is 3.15 bits per heavy atom. The molecule has 4 rings (SSSR count). The number of fused-ring (bicyclic) bond motifs is 2. The molecule has 20 heavy (non-hydrogen) atoms. The number of pyridine rings is 1. The van der Waals surface area contributed by atoms with Gasteiger partial charge in [-0.25, -0.2) is 0 Å². The first kappa shape index (κ1) is 12.3. The van der Waals surface area contributed by atoms with E-state index in [-0.39, 0.29) is 0 Å². The topological polar surface area (TPSA) is 28.2 Å². The molecular formula is C17H21N3. The Morgan fingerprint density at radius 1 is 1.30 bits per heavy atom. The third-order valence-corrected chi connectivity index (χ3v) is 5.11. The molecule has 2 aromatic rings. The van der Waals surface area contributed by atoms with Crippen molar-refractivity contribution in [2.24, 2.45) is 11.8 Å². The molecule has 0 amide bonds. The Balaban J connectivity index is 1.55. The van der Waals surface area contributed by atoms with Crippen molar-refractivity contribution in [3.05, 3.63) is 42.1 Å². The molecule has 2 saturated heterocycles. The summed E-state index contributed by atoms with van der Waals surface area (Å²) >= 11 is 0. The zero-order valence-corrected chi connectivity index (χ0v) is 11.9. The zero-order valence-electron chi connectivity index (χ0n) is 11.9. The Labute approximate surface area is 120 Å². The molecule has 0 spiro atoms. The van der Waals surface area contributed by atoms with Crippen molar-refractivity contribution in [2.75, 3.05) is 19.6 Å². The maximum Gasteiger partial charge on any atom is 0.0702 e. The van der Waals surface area contributed by atoms with Gasteiger partial charge in [0.1, 0.15) is 0 Å². The van der Waals surface area contributed by atoms with Crippen LogP contribution in [0.2, 0.25) is 0 Å². The summed E-state index contributed by atoms with van der Waals surface area (Å²) in [5.41, 5.74) is 2.50. The average Bonchev–Trinajstić information content (AvgIpc) is 3.03. The largest absolute Gasteiger partial charge is 0.316 e. The quantitative estimate of drug-likeness (QED) is 0.905. The van der Waals surface area contributed by atoms with Crippen molar-refractivity contribution < 1.29 is 0 Å². The van der Waals surface area contributed by atoms with Gasteiger partial charge in [0.2, 0.25) is 0 Å². The highest BCUT2D eigenvalue weighted by molar-refractivity contribution is 5.78. The fourth-order valence-corrected chi connectivity index (χ4v) is 3.92. The zero-order chi connectivity index (χ0) is 13.5. The number of likely N-dealkylation sites (tertiary alicyclic amines) is 1. The standard InChI is InChI=1S/C17H21N3/c1-12-16-9-18-8-15(16)11-20(12)10-13-4-5-17-14(7-13)3-2-6-19-17/h2-7,12,15-16,18H,8-11H2,1H3. The molecule has 2 aliphatic heterocycles. The number of benzene rings is 1. The summed E-state index contributed by atoms with van der Waals surface area (Å²) in [5, 5.41) is 4.78. The van der Waals surface area contributed by atoms with Crippen molar-refractivity contribution in [3.8, 4) is 0 Å². The number of rotatable bonds is 2. The Kier molecular flexibility index (Phi) is 2.97. The SMILES string of the molecule is CC1C2CNCC2CN1Cc1ccc2ncccc2c1. The monoisotopic (exact) mass is 267 g/mol. The molecule has 0 radical (unpaired) electrons. The highest BCUT2D eigenvalue weighted by atomic mass is 15.2. The van der Waals surface area contributed by atoms with Crippen molar-refractivity contribution in [1.29, 1.82) is 0 Å². The van der Waals surface area contributed by atoms with Crippen molar-refractivity contribution in [1.82, 2.24) is 15.2 Å². The summed E-state index contributed by atoms with van der Waals surface area (Å²) in [6, 6.07) is 11.5. The van der Waals surface area contributed by atoms with Crippen LogP contribution in [0.3, 0.4) is 0 Å².